The molecule has 0 fully saturated rings. The minimum Gasteiger partial charge on any atom is -0.547 e. The fourth-order valence-corrected chi connectivity index (χ4v) is 3.87. The fourth-order valence-electron chi connectivity index (χ4n) is 2.69. The molecule has 0 aromatic carbocycles. The molecule has 0 radical (unpaired) electrons. The van der Waals surface area contributed by atoms with Crippen LogP contribution < -0.4 is 0 Å². The van der Waals surface area contributed by atoms with E-state index in [-0.39, 0.29) is 5.04 Å². The Labute approximate surface area is 140 Å². The molecule has 2 heteroatoms. The predicted molar refractivity (Wildman–Crippen MR) is 102 cm³/mol. The molecule has 0 aliphatic heterocycles. The van der Waals surface area contributed by atoms with Crippen molar-refractivity contribution >= 4 is 8.32 Å². The molecule has 0 amide bonds. The molecular weight excluding hydrogens is 284 g/mol. The van der Waals surface area contributed by atoms with Gasteiger partial charge >= 0.3 is 0 Å². The van der Waals surface area contributed by atoms with Gasteiger partial charge in [-0.1, -0.05) is 59.1 Å². The Morgan fingerprint density at radius 1 is 1.18 bits per heavy atom. The highest BCUT2D eigenvalue weighted by Crippen LogP contribution is 2.42. The fraction of sp³-hybridized carbons (Fsp3) is 0.800. The molecule has 1 nitrogen and oxygen atoms in total. The Morgan fingerprint density at radius 2 is 1.86 bits per heavy atom. The van der Waals surface area contributed by atoms with Crippen molar-refractivity contribution in [3.05, 3.63) is 23.5 Å². The summed E-state index contributed by atoms with van der Waals surface area (Å²) in [6, 6.07) is 0. The summed E-state index contributed by atoms with van der Waals surface area (Å²) in [5, 5.41) is 0.285. The zero-order chi connectivity index (χ0) is 16.8. The Balaban J connectivity index is 2.54. The first-order valence-corrected chi connectivity index (χ1v) is 12.1. The third-order valence-corrected chi connectivity index (χ3v) is 9.82. The lowest BCUT2D eigenvalue weighted by atomic mass is 10.0. The summed E-state index contributed by atoms with van der Waals surface area (Å²) in [6.07, 6.45) is 13.9. The van der Waals surface area contributed by atoms with Crippen LogP contribution >= 0.6 is 0 Å². The van der Waals surface area contributed by atoms with Crippen LogP contribution in [0.4, 0.5) is 0 Å². The van der Waals surface area contributed by atoms with E-state index in [1.165, 1.54) is 49.9 Å². The molecule has 0 spiro atoms. The molecular formula is C20H38OSi. The molecule has 1 atom stereocenters. The third kappa shape index (κ3) is 5.61. The van der Waals surface area contributed by atoms with E-state index in [0.29, 0.717) is 5.92 Å². The Hall–Kier alpha value is -0.503. The molecule has 0 aromatic heterocycles. The maximum Gasteiger partial charge on any atom is 0.250 e. The number of unbranched alkanes of at least 4 members (excludes halogenated alkanes) is 4. The average molecular weight is 323 g/mol. The Kier molecular flexibility index (Phi) is 7.44. The van der Waals surface area contributed by atoms with Gasteiger partial charge in [0, 0.05) is 12.3 Å². The molecule has 0 saturated carbocycles. The van der Waals surface area contributed by atoms with E-state index in [2.05, 4.69) is 59.9 Å². The average Bonchev–Trinajstić information content (AvgIpc) is 2.73. The van der Waals surface area contributed by atoms with Crippen molar-refractivity contribution in [1.29, 1.82) is 0 Å². The molecule has 128 valence electrons. The second-order valence-electron chi connectivity index (χ2n) is 8.39. The number of hydrogen-bond acceptors (Lipinski definition) is 1. The highest BCUT2D eigenvalue weighted by Gasteiger charge is 2.40. The van der Waals surface area contributed by atoms with Crippen molar-refractivity contribution in [3.63, 3.8) is 0 Å². The monoisotopic (exact) mass is 322 g/mol. The van der Waals surface area contributed by atoms with E-state index in [1.807, 2.05) is 0 Å². The summed E-state index contributed by atoms with van der Waals surface area (Å²) in [7, 11) is -1.68. The van der Waals surface area contributed by atoms with Crippen LogP contribution in [0, 0.1) is 5.92 Å². The van der Waals surface area contributed by atoms with E-state index in [4.69, 9.17) is 4.43 Å². The van der Waals surface area contributed by atoms with Gasteiger partial charge in [-0.3, -0.25) is 0 Å². The highest BCUT2D eigenvalue weighted by atomic mass is 28.4. The van der Waals surface area contributed by atoms with Gasteiger partial charge in [0.25, 0.3) is 0 Å². The quantitative estimate of drug-likeness (QED) is 0.260. The summed E-state index contributed by atoms with van der Waals surface area (Å²) in [4.78, 5) is 0. The first-order valence-electron chi connectivity index (χ1n) is 9.24. The van der Waals surface area contributed by atoms with Crippen LogP contribution in [-0.2, 0) is 4.43 Å². The van der Waals surface area contributed by atoms with E-state index < -0.39 is 8.32 Å². The van der Waals surface area contributed by atoms with Gasteiger partial charge in [0.05, 0.1) is 5.76 Å². The maximum atomic E-state index is 6.55. The maximum absolute atomic E-state index is 6.55. The molecule has 0 aromatic rings. The normalized spacial score (nSPS) is 20.2. The van der Waals surface area contributed by atoms with E-state index in [1.54, 1.807) is 0 Å². The Morgan fingerprint density at radius 3 is 2.45 bits per heavy atom. The standard InChI is InChI=1S/C20H38OSi/c1-8-9-10-11-12-13-14-18-15-16-19(17(18)2)21-22(6,7)20(3,4)5/h13-14,18H,8-12,15-16H2,1-7H3/b14-13+. The van der Waals surface area contributed by atoms with Gasteiger partial charge in [0.2, 0.25) is 8.32 Å². The van der Waals surface area contributed by atoms with Crippen molar-refractivity contribution in [2.45, 2.75) is 97.7 Å². The molecule has 22 heavy (non-hydrogen) atoms. The van der Waals surface area contributed by atoms with Crippen LogP contribution in [0.15, 0.2) is 23.5 Å². The van der Waals surface area contributed by atoms with E-state index in [0.717, 1.165) is 6.42 Å². The highest BCUT2D eigenvalue weighted by molar-refractivity contribution is 6.74. The van der Waals surface area contributed by atoms with Crippen molar-refractivity contribution in [2.75, 3.05) is 0 Å². The first kappa shape index (κ1) is 19.5. The zero-order valence-corrected chi connectivity index (χ0v) is 17.1. The van der Waals surface area contributed by atoms with Crippen LogP contribution in [0.1, 0.15) is 79.6 Å². The van der Waals surface area contributed by atoms with Gasteiger partial charge in [-0.05, 0) is 49.9 Å². The predicted octanol–water partition coefficient (Wildman–Crippen LogP) is 7.22. The van der Waals surface area contributed by atoms with Gasteiger partial charge < -0.3 is 4.43 Å². The zero-order valence-electron chi connectivity index (χ0n) is 16.1. The van der Waals surface area contributed by atoms with Crippen LogP contribution in [-0.4, -0.2) is 8.32 Å². The van der Waals surface area contributed by atoms with Crippen molar-refractivity contribution < 1.29 is 4.43 Å². The van der Waals surface area contributed by atoms with Crippen LogP contribution in [0.5, 0.6) is 0 Å². The first-order chi connectivity index (χ1) is 10.2. The molecule has 0 saturated heterocycles. The lowest BCUT2D eigenvalue weighted by Crippen LogP contribution is -2.40. The molecule has 1 aliphatic carbocycles. The van der Waals surface area contributed by atoms with Crippen LogP contribution in [0.25, 0.3) is 0 Å². The lowest BCUT2D eigenvalue weighted by molar-refractivity contribution is 0.370. The number of allylic oxidation sites excluding steroid dienone is 4. The topological polar surface area (TPSA) is 9.23 Å². The van der Waals surface area contributed by atoms with Gasteiger partial charge in [0.15, 0.2) is 0 Å². The third-order valence-electron chi connectivity index (χ3n) is 5.46. The molecule has 0 heterocycles. The van der Waals surface area contributed by atoms with Crippen molar-refractivity contribution in [1.82, 2.24) is 0 Å². The summed E-state index contributed by atoms with van der Waals surface area (Å²) >= 11 is 0. The van der Waals surface area contributed by atoms with Gasteiger partial charge in [-0.25, -0.2) is 0 Å². The van der Waals surface area contributed by atoms with Crippen molar-refractivity contribution in [3.8, 4) is 0 Å². The van der Waals surface area contributed by atoms with E-state index in [9.17, 15) is 0 Å². The largest absolute Gasteiger partial charge is 0.547 e. The molecule has 1 unspecified atom stereocenters. The molecule has 1 aliphatic rings. The minimum atomic E-state index is -1.68. The molecule has 0 N–H and O–H groups in total. The van der Waals surface area contributed by atoms with Gasteiger partial charge in [-0.2, -0.15) is 0 Å². The lowest BCUT2D eigenvalue weighted by Gasteiger charge is -2.37. The summed E-state index contributed by atoms with van der Waals surface area (Å²) in [6.45, 7) is 16.2. The Bertz CT molecular complexity index is 398. The van der Waals surface area contributed by atoms with Gasteiger partial charge in [-0.15, -0.1) is 0 Å². The van der Waals surface area contributed by atoms with Crippen LogP contribution in [0.3, 0.4) is 0 Å². The second kappa shape index (κ2) is 8.38. The smallest absolute Gasteiger partial charge is 0.250 e. The second-order valence-corrected chi connectivity index (χ2v) is 13.1. The summed E-state index contributed by atoms with van der Waals surface area (Å²) in [5.41, 5.74) is 1.48. The molecule has 1 rings (SSSR count). The number of hydrogen-bond donors (Lipinski definition) is 0. The number of rotatable bonds is 8. The van der Waals surface area contributed by atoms with Crippen molar-refractivity contribution in [2.24, 2.45) is 5.92 Å². The summed E-state index contributed by atoms with van der Waals surface area (Å²) < 4.78 is 6.55. The SMILES string of the molecule is CCCCCC/C=C/C1CCC(O[Si](C)(C)C(C)(C)C)=C1C. The summed E-state index contributed by atoms with van der Waals surface area (Å²) in [5.74, 6) is 1.91. The minimum absolute atomic E-state index is 0.285. The van der Waals surface area contributed by atoms with Gasteiger partial charge in [0.1, 0.15) is 0 Å². The van der Waals surface area contributed by atoms with Crippen LogP contribution in [0.2, 0.25) is 18.1 Å². The molecule has 0 bridgehead atoms. The van der Waals surface area contributed by atoms with E-state index >= 15 is 0 Å².